The van der Waals surface area contributed by atoms with Crippen LogP contribution in [-0.2, 0) is 0 Å². The first-order valence-corrected chi connectivity index (χ1v) is 7.64. The molecule has 1 N–H and O–H groups in total. The number of ether oxygens (including phenoxy) is 1. The van der Waals surface area contributed by atoms with Crippen molar-refractivity contribution in [2.24, 2.45) is 0 Å². The Balaban J connectivity index is 1.64. The second-order valence-corrected chi connectivity index (χ2v) is 5.93. The summed E-state index contributed by atoms with van der Waals surface area (Å²) in [5, 5.41) is 3.90. The highest BCUT2D eigenvalue weighted by molar-refractivity contribution is 6.31. The highest BCUT2D eigenvalue weighted by atomic mass is 35.5. The van der Waals surface area contributed by atoms with Gasteiger partial charge in [0.25, 0.3) is 5.91 Å². The average molecular weight is 310 g/mol. The molecule has 21 heavy (non-hydrogen) atoms. The number of carbonyl (C=O) groups is 1. The molecule has 2 aliphatic heterocycles. The fourth-order valence-corrected chi connectivity index (χ4v) is 3.09. The van der Waals surface area contributed by atoms with Crippen molar-refractivity contribution in [3.8, 4) is 5.75 Å². The quantitative estimate of drug-likeness (QED) is 0.907. The van der Waals surface area contributed by atoms with E-state index in [9.17, 15) is 4.79 Å². The SMILES string of the molecule is COc1ccc(Cl)cc1C(=O)N1CC(N2CCNCC2)C1. The van der Waals surface area contributed by atoms with Crippen LogP contribution in [0, 0.1) is 0 Å². The third-order valence-corrected chi connectivity index (χ3v) is 4.44. The number of likely N-dealkylation sites (tertiary alicyclic amines) is 1. The summed E-state index contributed by atoms with van der Waals surface area (Å²) in [5.41, 5.74) is 0.545. The van der Waals surface area contributed by atoms with Gasteiger partial charge in [0, 0.05) is 50.3 Å². The number of carbonyl (C=O) groups excluding carboxylic acids is 1. The summed E-state index contributed by atoms with van der Waals surface area (Å²) in [4.78, 5) is 16.9. The molecule has 114 valence electrons. The lowest BCUT2D eigenvalue weighted by Crippen LogP contribution is -2.63. The van der Waals surface area contributed by atoms with E-state index in [1.807, 2.05) is 4.90 Å². The van der Waals surface area contributed by atoms with Crippen molar-refractivity contribution >= 4 is 17.5 Å². The molecule has 2 saturated heterocycles. The molecule has 6 heteroatoms. The number of piperazine rings is 1. The first-order chi connectivity index (χ1) is 10.2. The van der Waals surface area contributed by atoms with Crippen LogP contribution in [0.4, 0.5) is 0 Å². The van der Waals surface area contributed by atoms with Crippen LogP contribution in [0.3, 0.4) is 0 Å². The van der Waals surface area contributed by atoms with E-state index in [0.717, 1.165) is 39.3 Å². The standard InChI is InChI=1S/C15H20ClN3O2/c1-21-14-3-2-11(16)8-13(14)15(20)19-9-12(10-19)18-6-4-17-5-7-18/h2-3,8,12,17H,4-7,9-10H2,1H3. The van der Waals surface area contributed by atoms with Crippen LogP contribution in [-0.4, -0.2) is 68.1 Å². The van der Waals surface area contributed by atoms with Crippen molar-refractivity contribution in [2.45, 2.75) is 6.04 Å². The first kappa shape index (κ1) is 14.6. The number of benzene rings is 1. The van der Waals surface area contributed by atoms with Crippen LogP contribution < -0.4 is 10.1 Å². The number of hydrogen-bond acceptors (Lipinski definition) is 4. The number of hydrogen-bond donors (Lipinski definition) is 1. The summed E-state index contributed by atoms with van der Waals surface area (Å²) in [5.74, 6) is 0.579. The van der Waals surface area contributed by atoms with Gasteiger partial charge in [0.1, 0.15) is 5.75 Å². The Kier molecular flexibility index (Phi) is 4.33. The van der Waals surface area contributed by atoms with Gasteiger partial charge in [-0.05, 0) is 18.2 Å². The van der Waals surface area contributed by atoms with Gasteiger partial charge in [-0.2, -0.15) is 0 Å². The van der Waals surface area contributed by atoms with Crippen molar-refractivity contribution in [3.63, 3.8) is 0 Å². The van der Waals surface area contributed by atoms with E-state index in [1.165, 1.54) is 0 Å². The minimum Gasteiger partial charge on any atom is -0.496 e. The third kappa shape index (κ3) is 3.00. The van der Waals surface area contributed by atoms with Gasteiger partial charge >= 0.3 is 0 Å². The average Bonchev–Trinajstić information content (AvgIpc) is 2.46. The molecule has 3 rings (SSSR count). The maximum Gasteiger partial charge on any atom is 0.257 e. The molecule has 0 radical (unpaired) electrons. The summed E-state index contributed by atoms with van der Waals surface area (Å²) in [7, 11) is 1.57. The molecule has 0 bridgehead atoms. The van der Waals surface area contributed by atoms with Gasteiger partial charge in [0.15, 0.2) is 0 Å². The van der Waals surface area contributed by atoms with Crippen LogP contribution >= 0.6 is 11.6 Å². The number of amides is 1. The molecule has 0 unspecified atom stereocenters. The molecule has 2 heterocycles. The first-order valence-electron chi connectivity index (χ1n) is 7.26. The van der Waals surface area contributed by atoms with Crippen molar-refractivity contribution < 1.29 is 9.53 Å². The van der Waals surface area contributed by atoms with Crippen LogP contribution in [0.2, 0.25) is 5.02 Å². The van der Waals surface area contributed by atoms with Gasteiger partial charge in [-0.1, -0.05) is 11.6 Å². The Morgan fingerprint density at radius 2 is 2.05 bits per heavy atom. The van der Waals surface area contributed by atoms with Gasteiger partial charge in [-0.3, -0.25) is 9.69 Å². The number of methoxy groups -OCH3 is 1. The van der Waals surface area contributed by atoms with E-state index >= 15 is 0 Å². The monoisotopic (exact) mass is 309 g/mol. The van der Waals surface area contributed by atoms with E-state index in [-0.39, 0.29) is 5.91 Å². The molecule has 5 nitrogen and oxygen atoms in total. The van der Waals surface area contributed by atoms with E-state index < -0.39 is 0 Å². The number of nitrogens with one attached hydrogen (secondary N) is 1. The largest absolute Gasteiger partial charge is 0.496 e. The van der Waals surface area contributed by atoms with Gasteiger partial charge < -0.3 is 15.0 Å². The van der Waals surface area contributed by atoms with Crippen LogP contribution in [0.1, 0.15) is 10.4 Å². The molecule has 1 aromatic carbocycles. The fraction of sp³-hybridized carbons (Fsp3) is 0.533. The minimum absolute atomic E-state index is 0.000680. The normalized spacial score (nSPS) is 20.2. The van der Waals surface area contributed by atoms with E-state index in [0.29, 0.717) is 22.4 Å². The lowest BCUT2D eigenvalue weighted by Gasteiger charge is -2.46. The topological polar surface area (TPSA) is 44.8 Å². The number of halogens is 1. The second-order valence-electron chi connectivity index (χ2n) is 5.49. The minimum atomic E-state index is 0.000680. The Bertz CT molecular complexity index is 526. The molecule has 0 aliphatic carbocycles. The zero-order valence-corrected chi connectivity index (χ0v) is 12.9. The van der Waals surface area contributed by atoms with Gasteiger partial charge in [-0.25, -0.2) is 0 Å². The summed E-state index contributed by atoms with van der Waals surface area (Å²) < 4.78 is 5.26. The Morgan fingerprint density at radius 1 is 1.33 bits per heavy atom. The van der Waals surface area contributed by atoms with Crippen LogP contribution in [0.15, 0.2) is 18.2 Å². The number of rotatable bonds is 3. The molecular weight excluding hydrogens is 290 g/mol. The molecule has 0 spiro atoms. The third-order valence-electron chi connectivity index (χ3n) is 4.21. The van der Waals surface area contributed by atoms with Gasteiger partial charge in [-0.15, -0.1) is 0 Å². The van der Waals surface area contributed by atoms with Crippen LogP contribution in [0.5, 0.6) is 5.75 Å². The lowest BCUT2D eigenvalue weighted by atomic mass is 10.0. The summed E-state index contributed by atoms with van der Waals surface area (Å²) >= 11 is 5.99. The van der Waals surface area contributed by atoms with Crippen molar-refractivity contribution in [3.05, 3.63) is 28.8 Å². The smallest absolute Gasteiger partial charge is 0.257 e. The Labute approximate surface area is 129 Å². The molecule has 2 aliphatic rings. The van der Waals surface area contributed by atoms with E-state index in [4.69, 9.17) is 16.3 Å². The highest BCUT2D eigenvalue weighted by Crippen LogP contribution is 2.26. The van der Waals surface area contributed by atoms with Crippen molar-refractivity contribution in [1.29, 1.82) is 0 Å². The molecule has 2 fully saturated rings. The van der Waals surface area contributed by atoms with E-state index in [1.54, 1.807) is 25.3 Å². The lowest BCUT2D eigenvalue weighted by molar-refractivity contribution is 0.0225. The van der Waals surface area contributed by atoms with Gasteiger partial charge in [0.05, 0.1) is 12.7 Å². The molecule has 0 atom stereocenters. The van der Waals surface area contributed by atoms with Gasteiger partial charge in [0.2, 0.25) is 0 Å². The van der Waals surface area contributed by atoms with Crippen molar-refractivity contribution in [2.75, 3.05) is 46.4 Å². The van der Waals surface area contributed by atoms with E-state index in [2.05, 4.69) is 10.2 Å². The highest BCUT2D eigenvalue weighted by Gasteiger charge is 2.36. The predicted octanol–water partition coefficient (Wildman–Crippen LogP) is 1.08. The maximum absolute atomic E-state index is 12.5. The predicted molar refractivity (Wildman–Crippen MR) is 82.1 cm³/mol. The fourth-order valence-electron chi connectivity index (χ4n) is 2.92. The molecule has 0 aromatic heterocycles. The molecule has 1 amide bonds. The summed E-state index contributed by atoms with van der Waals surface area (Å²) in [6.45, 7) is 5.77. The molecule has 0 saturated carbocycles. The van der Waals surface area contributed by atoms with Crippen LogP contribution in [0.25, 0.3) is 0 Å². The summed E-state index contributed by atoms with van der Waals surface area (Å²) in [6, 6.07) is 5.64. The Morgan fingerprint density at radius 3 is 2.71 bits per heavy atom. The summed E-state index contributed by atoms with van der Waals surface area (Å²) in [6.07, 6.45) is 0. The zero-order valence-electron chi connectivity index (χ0n) is 12.1. The zero-order chi connectivity index (χ0) is 14.8. The molecule has 1 aromatic rings. The second kappa shape index (κ2) is 6.22. The maximum atomic E-state index is 12.5. The van der Waals surface area contributed by atoms with Crippen molar-refractivity contribution in [1.82, 2.24) is 15.1 Å². The Hall–Kier alpha value is -1.30. The molecular formula is C15H20ClN3O2. The number of nitrogens with zero attached hydrogens (tertiary/aromatic N) is 2.